The summed E-state index contributed by atoms with van der Waals surface area (Å²) in [5.41, 5.74) is 3.14. The maximum absolute atomic E-state index is 6.11. The van der Waals surface area contributed by atoms with Crippen molar-refractivity contribution in [2.45, 2.75) is 101 Å². The van der Waals surface area contributed by atoms with Gasteiger partial charge in [-0.2, -0.15) is 0 Å². The molecule has 3 fully saturated rings. The summed E-state index contributed by atoms with van der Waals surface area (Å²) in [4.78, 5) is 0. The zero-order valence-corrected chi connectivity index (χ0v) is 18.1. The average Bonchev–Trinajstić information content (AvgIpc) is 2.69. The predicted octanol–water partition coefficient (Wildman–Crippen LogP) is 6.22. The summed E-state index contributed by atoms with van der Waals surface area (Å²) in [5.74, 6) is 4.34. The molecule has 0 aliphatic heterocycles. The normalized spacial score (nSPS) is 37.8. The molecule has 27 heavy (non-hydrogen) atoms. The van der Waals surface area contributed by atoms with Gasteiger partial charge in [-0.15, -0.1) is 9.24 Å². The molecule has 3 aliphatic rings. The molecule has 0 aromatic heterocycles. The van der Waals surface area contributed by atoms with E-state index in [2.05, 4.69) is 27.4 Å². The fourth-order valence-electron chi connectivity index (χ4n) is 6.19. The number of rotatable bonds is 3. The van der Waals surface area contributed by atoms with E-state index >= 15 is 0 Å². The second-order valence-corrected chi connectivity index (χ2v) is 10.4. The van der Waals surface area contributed by atoms with Crippen molar-refractivity contribution in [1.82, 2.24) is 0 Å². The van der Waals surface area contributed by atoms with E-state index < -0.39 is 0 Å². The highest BCUT2D eigenvalue weighted by Crippen LogP contribution is 2.44. The highest BCUT2D eigenvalue weighted by Gasteiger charge is 2.31. The van der Waals surface area contributed by atoms with E-state index in [0.717, 1.165) is 23.7 Å². The van der Waals surface area contributed by atoms with Crippen molar-refractivity contribution in [3.63, 3.8) is 0 Å². The lowest BCUT2D eigenvalue weighted by Gasteiger charge is -2.38. The van der Waals surface area contributed by atoms with E-state index in [-0.39, 0.29) is 0 Å². The van der Waals surface area contributed by atoms with Gasteiger partial charge in [0, 0.05) is 0 Å². The summed E-state index contributed by atoms with van der Waals surface area (Å²) in [6.07, 6.45) is 15.8. The minimum absolute atomic E-state index is 0.436. The second-order valence-electron chi connectivity index (χ2n) is 9.79. The quantitative estimate of drug-likeness (QED) is 0.434. The molecule has 0 amide bonds. The largest absolute Gasteiger partial charge is 0.105 e. The molecular weight excluding hydrogens is 341 g/mol. The summed E-state index contributed by atoms with van der Waals surface area (Å²) >= 11 is 0. The maximum atomic E-state index is 6.11. The van der Waals surface area contributed by atoms with Gasteiger partial charge >= 0.3 is 0 Å². The summed E-state index contributed by atoms with van der Waals surface area (Å²) in [6, 6.07) is 7.35. The first-order valence-corrected chi connectivity index (χ1v) is 12.1. The Kier molecular flexibility index (Phi) is 6.74. The van der Waals surface area contributed by atoms with Crippen LogP contribution in [0.3, 0.4) is 0 Å². The Morgan fingerprint density at radius 3 is 1.67 bits per heavy atom. The molecule has 0 N–H and O–H groups in total. The third kappa shape index (κ3) is 4.86. The molecule has 0 heterocycles. The van der Waals surface area contributed by atoms with E-state index in [1.54, 1.807) is 11.1 Å². The summed E-state index contributed by atoms with van der Waals surface area (Å²) < 4.78 is 0. The third-order valence-corrected chi connectivity index (χ3v) is 8.55. The van der Waals surface area contributed by atoms with Gasteiger partial charge < -0.3 is 0 Å². The third-order valence-electron chi connectivity index (χ3n) is 8.05. The van der Waals surface area contributed by atoms with Crippen molar-refractivity contribution < 1.29 is 0 Å². The lowest BCUT2D eigenvalue weighted by molar-refractivity contribution is 0.186. The Labute approximate surface area is 172 Å². The van der Waals surface area contributed by atoms with Gasteiger partial charge in [0.05, 0.1) is 15.7 Å². The van der Waals surface area contributed by atoms with Crippen molar-refractivity contribution in [2.75, 3.05) is 0 Å². The fourth-order valence-corrected chi connectivity index (χ4v) is 6.71. The Morgan fingerprint density at radius 1 is 0.630 bits per heavy atom. The first-order valence-electron chi connectivity index (χ1n) is 11.5. The van der Waals surface area contributed by atoms with Crippen LogP contribution in [0.15, 0.2) is 18.2 Å². The minimum Gasteiger partial charge on any atom is -0.105 e. The van der Waals surface area contributed by atoms with Gasteiger partial charge in [0.25, 0.3) is 0 Å². The van der Waals surface area contributed by atoms with Crippen LogP contribution >= 0.6 is 9.24 Å². The van der Waals surface area contributed by atoms with E-state index in [0.29, 0.717) is 11.6 Å². The van der Waals surface area contributed by atoms with Gasteiger partial charge in [-0.05, 0) is 78.6 Å². The van der Waals surface area contributed by atoms with Crippen LogP contribution in [0, 0.1) is 11.8 Å². The van der Waals surface area contributed by atoms with Gasteiger partial charge in [0.15, 0.2) is 0 Å². The SMILES string of the molecule is [B]C1CCC(c2ccc(C3CCC(C4CCC([B])CC4)CC3)c(P)c2)CC1. The Bertz CT molecular complexity index is 607. The van der Waals surface area contributed by atoms with Crippen LogP contribution in [0.25, 0.3) is 0 Å². The highest BCUT2D eigenvalue weighted by atomic mass is 31.0. The van der Waals surface area contributed by atoms with Crippen LogP contribution in [0.1, 0.15) is 100 Å². The second kappa shape index (κ2) is 9.07. The molecule has 3 saturated carbocycles. The summed E-state index contributed by atoms with van der Waals surface area (Å²) in [5, 5.41) is 1.45. The zero-order chi connectivity index (χ0) is 18.8. The lowest BCUT2D eigenvalue weighted by atomic mass is 9.65. The predicted molar refractivity (Wildman–Crippen MR) is 123 cm³/mol. The monoisotopic (exact) mass is 376 g/mol. The number of benzene rings is 1. The van der Waals surface area contributed by atoms with Crippen LogP contribution in [0.4, 0.5) is 0 Å². The van der Waals surface area contributed by atoms with E-state index in [4.69, 9.17) is 15.7 Å². The molecule has 0 bridgehead atoms. The van der Waals surface area contributed by atoms with Gasteiger partial charge in [-0.25, -0.2) is 0 Å². The van der Waals surface area contributed by atoms with Crippen LogP contribution in [0.2, 0.25) is 11.6 Å². The molecular formula is C24H35B2P. The zero-order valence-electron chi connectivity index (χ0n) is 16.9. The lowest BCUT2D eigenvalue weighted by Crippen LogP contribution is -2.25. The standard InChI is InChI=1S/C24H35B2P/c25-21-10-5-17(6-11-21)16-1-3-19(4-2-16)23-14-9-20(15-24(23)27)18-7-12-22(26)13-8-18/h9,14-19,21-22H,1-8,10-13,27H2. The average molecular weight is 376 g/mol. The van der Waals surface area contributed by atoms with Gasteiger partial charge in [-0.3, -0.25) is 0 Å². The number of hydrogen-bond donors (Lipinski definition) is 0. The van der Waals surface area contributed by atoms with Crippen LogP contribution < -0.4 is 5.30 Å². The Balaban J connectivity index is 1.34. The molecule has 4 radical (unpaired) electrons. The minimum atomic E-state index is 0.436. The van der Waals surface area contributed by atoms with Gasteiger partial charge in [0.2, 0.25) is 0 Å². The van der Waals surface area contributed by atoms with Crippen molar-refractivity contribution in [2.24, 2.45) is 11.8 Å². The summed E-state index contributed by atoms with van der Waals surface area (Å²) in [6.45, 7) is 0. The molecule has 0 nitrogen and oxygen atoms in total. The highest BCUT2D eigenvalue weighted by molar-refractivity contribution is 7.27. The molecule has 4 rings (SSSR count). The van der Waals surface area contributed by atoms with Crippen LogP contribution in [-0.2, 0) is 0 Å². The molecule has 0 saturated heterocycles. The van der Waals surface area contributed by atoms with Gasteiger partial charge in [-0.1, -0.05) is 68.4 Å². The van der Waals surface area contributed by atoms with Crippen LogP contribution in [-0.4, -0.2) is 15.7 Å². The fraction of sp³-hybridized carbons (Fsp3) is 0.750. The van der Waals surface area contributed by atoms with E-state index in [1.165, 1.54) is 82.4 Å². The first kappa shape index (κ1) is 20.1. The molecule has 142 valence electrons. The summed E-state index contributed by atoms with van der Waals surface area (Å²) in [7, 11) is 15.2. The topological polar surface area (TPSA) is 0 Å². The molecule has 1 unspecified atom stereocenters. The Morgan fingerprint density at radius 2 is 1.11 bits per heavy atom. The van der Waals surface area contributed by atoms with Crippen molar-refractivity contribution >= 4 is 30.2 Å². The van der Waals surface area contributed by atoms with Crippen LogP contribution in [0.5, 0.6) is 0 Å². The smallest absolute Gasteiger partial charge is 0.0699 e. The van der Waals surface area contributed by atoms with E-state index in [9.17, 15) is 0 Å². The van der Waals surface area contributed by atoms with E-state index in [1.807, 2.05) is 0 Å². The van der Waals surface area contributed by atoms with Gasteiger partial charge in [0.1, 0.15) is 0 Å². The number of hydrogen-bond acceptors (Lipinski definition) is 0. The van der Waals surface area contributed by atoms with Crippen molar-refractivity contribution in [1.29, 1.82) is 0 Å². The molecule has 1 aromatic rings. The molecule has 0 spiro atoms. The Hall–Kier alpha value is -0.220. The maximum Gasteiger partial charge on any atom is 0.0699 e. The molecule has 3 aliphatic carbocycles. The molecule has 1 atom stereocenters. The first-order chi connectivity index (χ1) is 13.1. The van der Waals surface area contributed by atoms with Crippen molar-refractivity contribution in [3.05, 3.63) is 29.3 Å². The molecule has 3 heteroatoms. The molecule has 1 aromatic carbocycles. The van der Waals surface area contributed by atoms with Crippen molar-refractivity contribution in [3.8, 4) is 0 Å².